The number of benzene rings is 4. The zero-order chi connectivity index (χ0) is 34.6. The fourth-order valence-electron chi connectivity index (χ4n) is 6.58. The lowest BCUT2D eigenvalue weighted by molar-refractivity contribution is -0.189. The monoisotopic (exact) mass is 678 g/mol. The summed E-state index contributed by atoms with van der Waals surface area (Å²) in [7, 11) is 0. The van der Waals surface area contributed by atoms with Crippen LogP contribution < -0.4 is 4.74 Å². The van der Waals surface area contributed by atoms with Crippen molar-refractivity contribution in [1.82, 2.24) is 0 Å². The van der Waals surface area contributed by atoms with Crippen molar-refractivity contribution in [2.75, 3.05) is 6.67 Å². The maximum absolute atomic E-state index is 15.2. The fourth-order valence-corrected chi connectivity index (χ4v) is 6.58. The summed E-state index contributed by atoms with van der Waals surface area (Å²) >= 11 is 0. The zero-order valence-corrected chi connectivity index (χ0v) is 26.3. The molecule has 1 nitrogen and oxygen atoms in total. The minimum absolute atomic E-state index is 0.163. The van der Waals surface area contributed by atoms with E-state index in [1.807, 2.05) is 0 Å². The quantitative estimate of drug-likeness (QED) is 0.107. The average Bonchev–Trinajstić information content (AvgIpc) is 3.02. The van der Waals surface area contributed by atoms with E-state index in [0.717, 1.165) is 55.5 Å². The molecule has 10 heteroatoms. The minimum Gasteiger partial charge on any atom is -0.429 e. The van der Waals surface area contributed by atoms with Crippen molar-refractivity contribution in [2.45, 2.75) is 76.7 Å². The molecule has 0 aromatic heterocycles. The molecule has 4 aromatic rings. The van der Waals surface area contributed by atoms with E-state index in [9.17, 15) is 17.6 Å². The van der Waals surface area contributed by atoms with Gasteiger partial charge in [-0.15, -0.1) is 0 Å². The Hall–Kier alpha value is -3.95. The van der Waals surface area contributed by atoms with Gasteiger partial charge in [-0.1, -0.05) is 44.7 Å². The van der Waals surface area contributed by atoms with Crippen LogP contribution in [0, 0.1) is 40.8 Å². The van der Waals surface area contributed by atoms with Crippen LogP contribution in [0.15, 0.2) is 60.7 Å². The zero-order valence-electron chi connectivity index (χ0n) is 26.3. The van der Waals surface area contributed by atoms with E-state index in [4.69, 9.17) is 0 Å². The van der Waals surface area contributed by atoms with Gasteiger partial charge in [0.15, 0.2) is 0 Å². The van der Waals surface area contributed by atoms with Crippen molar-refractivity contribution in [1.29, 1.82) is 0 Å². The smallest absolute Gasteiger partial charge is 0.429 e. The molecule has 1 fully saturated rings. The molecule has 0 heterocycles. The molecule has 256 valence electrons. The topological polar surface area (TPSA) is 9.23 Å². The molecule has 1 aliphatic rings. The number of hydrogen-bond donors (Lipinski definition) is 0. The summed E-state index contributed by atoms with van der Waals surface area (Å²) in [6.07, 6.45) is 3.56. The molecule has 0 atom stereocenters. The van der Waals surface area contributed by atoms with Gasteiger partial charge in [0.2, 0.25) is 0 Å². The van der Waals surface area contributed by atoms with Crippen molar-refractivity contribution in [2.24, 2.45) is 5.92 Å². The van der Waals surface area contributed by atoms with E-state index >= 15 is 22.0 Å². The molecule has 0 saturated heterocycles. The Morgan fingerprint density at radius 1 is 0.667 bits per heavy atom. The number of hydrogen-bond acceptors (Lipinski definition) is 1. The summed E-state index contributed by atoms with van der Waals surface area (Å²) < 4.78 is 136. The minimum atomic E-state index is -4.63. The van der Waals surface area contributed by atoms with E-state index in [0.29, 0.717) is 24.1 Å². The van der Waals surface area contributed by atoms with Gasteiger partial charge in [0, 0.05) is 29.2 Å². The fraction of sp³-hybridized carbons (Fsp3) is 0.368. The van der Waals surface area contributed by atoms with Gasteiger partial charge in [-0.25, -0.2) is 26.3 Å². The van der Waals surface area contributed by atoms with Gasteiger partial charge >= 0.3 is 6.11 Å². The van der Waals surface area contributed by atoms with E-state index in [2.05, 4.69) is 11.7 Å². The molecule has 0 N–H and O–H groups in total. The summed E-state index contributed by atoms with van der Waals surface area (Å²) in [5.74, 6) is -7.63. The van der Waals surface area contributed by atoms with Crippen LogP contribution >= 0.6 is 0 Å². The molecule has 0 aliphatic heterocycles. The SMILES string of the molecule is CCCCCC1CCC(c2ccc(-c3cc(F)c(C(F)(F)Oc4ccc(-c5cc(F)c(CCF)c(F)c5)c(F)c4)c(F)c3)c(F)c2)CC1. The van der Waals surface area contributed by atoms with Gasteiger partial charge in [0.1, 0.15) is 46.2 Å². The van der Waals surface area contributed by atoms with Crippen LogP contribution in [-0.4, -0.2) is 6.67 Å². The van der Waals surface area contributed by atoms with Crippen LogP contribution in [0.3, 0.4) is 0 Å². The lowest BCUT2D eigenvalue weighted by Crippen LogP contribution is -2.25. The van der Waals surface area contributed by atoms with Crippen molar-refractivity contribution in [3.63, 3.8) is 0 Å². The van der Waals surface area contributed by atoms with Crippen LogP contribution in [0.25, 0.3) is 22.3 Å². The van der Waals surface area contributed by atoms with Gasteiger partial charge in [-0.3, -0.25) is 4.39 Å². The van der Waals surface area contributed by atoms with Gasteiger partial charge in [0.25, 0.3) is 0 Å². The number of halogens is 9. The Balaban J connectivity index is 1.31. The Kier molecular flexibility index (Phi) is 11.1. The maximum atomic E-state index is 15.2. The summed E-state index contributed by atoms with van der Waals surface area (Å²) in [5, 5.41) is 0. The first-order valence-corrected chi connectivity index (χ1v) is 16.1. The third-order valence-corrected chi connectivity index (χ3v) is 9.15. The first-order valence-electron chi connectivity index (χ1n) is 16.1. The maximum Gasteiger partial charge on any atom is 0.432 e. The molecule has 4 aromatic carbocycles. The largest absolute Gasteiger partial charge is 0.432 e. The van der Waals surface area contributed by atoms with Crippen LogP contribution in [0.2, 0.25) is 0 Å². The normalized spacial score (nSPS) is 16.7. The molecule has 0 unspecified atom stereocenters. The second-order valence-electron chi connectivity index (χ2n) is 12.4. The lowest BCUT2D eigenvalue weighted by Gasteiger charge is -2.29. The number of ether oxygens (including phenoxy) is 1. The van der Waals surface area contributed by atoms with Crippen molar-refractivity contribution < 1.29 is 44.3 Å². The number of alkyl halides is 3. The second-order valence-corrected chi connectivity index (χ2v) is 12.4. The highest BCUT2D eigenvalue weighted by atomic mass is 19.3. The summed E-state index contributed by atoms with van der Waals surface area (Å²) in [5.41, 5.74) is -2.65. The summed E-state index contributed by atoms with van der Waals surface area (Å²) in [4.78, 5) is 0. The Morgan fingerprint density at radius 2 is 1.23 bits per heavy atom. The third kappa shape index (κ3) is 7.84. The number of unbranched alkanes of at least 4 members (excludes halogenated alkanes) is 2. The predicted octanol–water partition coefficient (Wildman–Crippen LogP) is 12.3. The Labute approximate surface area is 273 Å². The van der Waals surface area contributed by atoms with Gasteiger partial charge in [-0.2, -0.15) is 8.78 Å². The summed E-state index contributed by atoms with van der Waals surface area (Å²) in [6, 6.07) is 9.30. The highest BCUT2D eigenvalue weighted by molar-refractivity contribution is 5.67. The van der Waals surface area contributed by atoms with Gasteiger partial charge in [0.05, 0.1) is 6.67 Å². The molecule has 0 amide bonds. The van der Waals surface area contributed by atoms with Crippen molar-refractivity contribution in [3.05, 3.63) is 112 Å². The van der Waals surface area contributed by atoms with Crippen LogP contribution in [0.5, 0.6) is 5.75 Å². The molecule has 5 rings (SSSR count). The first kappa shape index (κ1) is 35.4. The van der Waals surface area contributed by atoms with Crippen molar-refractivity contribution >= 4 is 0 Å². The van der Waals surface area contributed by atoms with E-state index in [-0.39, 0.29) is 28.2 Å². The van der Waals surface area contributed by atoms with E-state index < -0.39 is 71.0 Å². The van der Waals surface area contributed by atoms with Gasteiger partial charge in [-0.05, 0) is 96.7 Å². The highest BCUT2D eigenvalue weighted by Gasteiger charge is 2.41. The van der Waals surface area contributed by atoms with Crippen LogP contribution in [0.1, 0.15) is 80.9 Å². The molecule has 1 aliphatic carbocycles. The molecule has 1 saturated carbocycles. The van der Waals surface area contributed by atoms with E-state index in [1.165, 1.54) is 37.8 Å². The van der Waals surface area contributed by atoms with Gasteiger partial charge < -0.3 is 4.74 Å². The Morgan fingerprint density at radius 3 is 1.77 bits per heavy atom. The average molecular weight is 679 g/mol. The highest BCUT2D eigenvalue weighted by Crippen LogP contribution is 2.41. The Bertz CT molecular complexity index is 1700. The lowest BCUT2D eigenvalue weighted by atomic mass is 9.77. The van der Waals surface area contributed by atoms with Crippen molar-refractivity contribution in [3.8, 4) is 28.0 Å². The standard InChI is InChI=1S/C38H35F9O/c1-2-3-4-5-22-6-8-23(9-7-22)24-10-12-28(31(40)16-24)26-19-35(44)37(36(45)20-26)38(46,47)48-27-11-13-29(34(43)21-27)25-17-32(41)30(14-15-39)33(42)18-25/h10-13,16-23H,2-9,14-15H2,1H3. The van der Waals surface area contributed by atoms with E-state index in [1.54, 1.807) is 6.07 Å². The molecule has 0 spiro atoms. The van der Waals surface area contributed by atoms with Crippen LogP contribution in [0.4, 0.5) is 39.5 Å². The number of rotatable bonds is 12. The third-order valence-electron chi connectivity index (χ3n) is 9.15. The predicted molar refractivity (Wildman–Crippen MR) is 167 cm³/mol. The first-order chi connectivity index (χ1) is 22.9. The molecule has 0 radical (unpaired) electrons. The molecule has 48 heavy (non-hydrogen) atoms. The van der Waals surface area contributed by atoms with Crippen LogP contribution in [-0.2, 0) is 12.5 Å². The molecule has 0 bridgehead atoms. The molecular formula is C38H35F9O. The second kappa shape index (κ2) is 15.1. The summed E-state index contributed by atoms with van der Waals surface area (Å²) in [6.45, 7) is 1.15. The molecular weight excluding hydrogens is 643 g/mol.